The molecule has 2 aliphatic heterocycles. The summed E-state index contributed by atoms with van der Waals surface area (Å²) in [6, 6.07) is 7.11. The Balaban J connectivity index is 0.972. The average molecular weight is 1740 g/mol. The van der Waals surface area contributed by atoms with Crippen molar-refractivity contribution in [2.45, 2.75) is 165 Å². The quantitative estimate of drug-likeness (QED) is 0.00863. The second kappa shape index (κ2) is 51.3. The van der Waals surface area contributed by atoms with Crippen molar-refractivity contribution < 1.29 is 96.5 Å². The van der Waals surface area contributed by atoms with Crippen LogP contribution in [0.5, 0.6) is 0 Å². The summed E-state index contributed by atoms with van der Waals surface area (Å²) in [4.78, 5) is 240. The number of anilines is 1. The standard InChI is InChI=1S/C75H109N25O20S2/c1-40(2)58-71(117)96-45(32-42-12-7-5-8-13-42)66(112)89-35-57(109)94-47(67(113)88-34-49(76)101)36-121-122-37-48(70(116)99-59(41(3)4)72(118)97-46(33-43-14-9-6-10-15-43)69(115)95-44(68(114)98-58)16-11-24-87-75(78)79)93-56(108)23-30-85-54(106)21-28-83-52(104)19-26-81-50(102)17-25-80-51(103)18-27-82-53(105)20-29-84-55(107)22-31-86-73(119)63-61(110)62(111)74(120-63)100-39-92-60-64(77)90-38-91-65(60)100/h5-10,12-15,38-41,44-48,58-59,61-63,74,110-111H,11,16-37H2,1-4H3,(H2,76,101)(H,80,103)(H,81,102)(H,82,105)(H,83,104)(H,84,107)(H,85,106)(H,86,119)(H,88,113)(H,89,112)(H,93,108)(H,94,109)(H,95,115)(H,96,117)(H,97,118)(H,98,114)(H,99,116)(H2,77,90,91)(H4,78,79,87)/t44-,45-,46-,47-,48-,58-,59-,61-,62+,63-,74+/m0/s1. The van der Waals surface area contributed by atoms with E-state index in [1.807, 2.05) is 0 Å². The zero-order valence-corrected chi connectivity index (χ0v) is 69.4. The zero-order chi connectivity index (χ0) is 89.4. The highest BCUT2D eigenvalue weighted by molar-refractivity contribution is 8.76. The first-order valence-electron chi connectivity index (χ1n) is 39.3. The Labute approximate surface area is 709 Å². The molecule has 2 fully saturated rings. The number of aliphatic hydroxyl groups is 2. The molecular formula is C75H109N25O20S2. The lowest BCUT2D eigenvalue weighted by Gasteiger charge is -2.29. The van der Waals surface area contributed by atoms with E-state index in [0.29, 0.717) is 11.1 Å². The van der Waals surface area contributed by atoms with Crippen molar-refractivity contribution in [2.24, 2.45) is 23.3 Å². The lowest BCUT2D eigenvalue weighted by atomic mass is 9.99. The smallest absolute Gasteiger partial charge is 0.252 e. The number of nitrogens with two attached hydrogens (primary N) is 3. The molecule has 122 heavy (non-hydrogen) atoms. The van der Waals surface area contributed by atoms with E-state index in [9.17, 15) is 91.7 Å². The van der Waals surface area contributed by atoms with Gasteiger partial charge in [-0.3, -0.25) is 91.5 Å². The molecule has 0 spiro atoms. The summed E-state index contributed by atoms with van der Waals surface area (Å²) in [6.07, 6.45) is -5.22. The maximum atomic E-state index is 14.7. The second-order valence-corrected chi connectivity index (χ2v) is 31.4. The number of imidazole rings is 1. The van der Waals surface area contributed by atoms with E-state index in [2.05, 4.69) is 105 Å². The summed E-state index contributed by atoms with van der Waals surface area (Å²) >= 11 is 0. The van der Waals surface area contributed by atoms with Gasteiger partial charge in [-0.2, -0.15) is 0 Å². The van der Waals surface area contributed by atoms with Gasteiger partial charge < -0.3 is 123 Å². The van der Waals surface area contributed by atoms with Crippen molar-refractivity contribution >= 4 is 145 Å². The Hall–Kier alpha value is -12.4. The van der Waals surface area contributed by atoms with Gasteiger partial charge in [0.1, 0.15) is 66.3 Å². The number of guanidine groups is 1. The number of rotatable bonds is 37. The van der Waals surface area contributed by atoms with Crippen molar-refractivity contribution in [3.05, 3.63) is 84.4 Å². The molecule has 4 heterocycles. The third kappa shape index (κ3) is 34.4. The molecule has 45 nitrogen and oxygen atoms in total. The minimum Gasteiger partial charge on any atom is -0.387 e. The fourth-order valence-corrected chi connectivity index (χ4v) is 14.3. The number of nitrogen functional groups attached to an aromatic ring is 1. The number of amides is 17. The highest BCUT2D eigenvalue weighted by atomic mass is 33.1. The minimum atomic E-state index is -1.64. The van der Waals surface area contributed by atoms with Crippen LogP contribution in [0.3, 0.4) is 0 Å². The molecular weight excluding hydrogens is 1640 g/mol. The number of benzene rings is 2. The van der Waals surface area contributed by atoms with Crippen LogP contribution in [0.2, 0.25) is 0 Å². The summed E-state index contributed by atoms with van der Waals surface area (Å²) in [5.74, 6) is -14.8. The number of aliphatic hydroxyl groups excluding tert-OH is 2. The molecule has 26 N–H and O–H groups in total. The summed E-state index contributed by atoms with van der Waals surface area (Å²) in [5, 5.41) is 72.7. The number of hydrogen-bond acceptors (Lipinski definition) is 27. The van der Waals surface area contributed by atoms with Gasteiger partial charge in [-0.05, 0) is 35.8 Å². The molecule has 0 aliphatic carbocycles. The van der Waals surface area contributed by atoms with Gasteiger partial charge in [0.25, 0.3) is 5.91 Å². The van der Waals surface area contributed by atoms with Gasteiger partial charge in [0.15, 0.2) is 29.8 Å². The van der Waals surface area contributed by atoms with E-state index >= 15 is 0 Å². The van der Waals surface area contributed by atoms with Gasteiger partial charge in [0.2, 0.25) is 94.5 Å². The summed E-state index contributed by atoms with van der Waals surface area (Å²) in [7, 11) is 1.86. The van der Waals surface area contributed by atoms with Gasteiger partial charge in [-0.25, -0.2) is 15.0 Å². The van der Waals surface area contributed by atoms with Crippen molar-refractivity contribution in [1.82, 2.24) is 110 Å². The van der Waals surface area contributed by atoms with E-state index < -0.39 is 199 Å². The highest BCUT2D eigenvalue weighted by Gasteiger charge is 2.48. The van der Waals surface area contributed by atoms with E-state index in [0.717, 1.165) is 21.6 Å². The highest BCUT2D eigenvalue weighted by Crippen LogP contribution is 2.32. The number of aromatic nitrogens is 4. The van der Waals surface area contributed by atoms with E-state index in [1.54, 1.807) is 88.4 Å². The molecule has 2 aromatic carbocycles. The normalized spacial score (nSPS) is 21.0. The number of carbonyl (C=O) groups is 17. The number of nitrogens with one attached hydrogen (secondary N) is 18. The first kappa shape index (κ1) is 98.5. The van der Waals surface area contributed by atoms with E-state index in [4.69, 9.17) is 27.3 Å². The number of ether oxygens (including phenoxy) is 1. The molecule has 666 valence electrons. The molecule has 2 aromatic heterocycles. The third-order valence-electron chi connectivity index (χ3n) is 18.5. The largest absolute Gasteiger partial charge is 0.387 e. The molecule has 11 atom stereocenters. The van der Waals surface area contributed by atoms with Crippen LogP contribution < -0.4 is 108 Å². The van der Waals surface area contributed by atoms with Crippen LogP contribution in [0, 0.1) is 17.2 Å². The molecule has 2 saturated heterocycles. The van der Waals surface area contributed by atoms with Crippen LogP contribution in [0.25, 0.3) is 11.2 Å². The van der Waals surface area contributed by atoms with Gasteiger partial charge in [0.05, 0.1) is 19.4 Å². The Kier molecular flexibility index (Phi) is 41.4. The molecule has 0 unspecified atom stereocenters. The first-order chi connectivity index (χ1) is 58.2. The lowest BCUT2D eigenvalue weighted by molar-refractivity contribution is -0.138. The van der Waals surface area contributed by atoms with Gasteiger partial charge in [0, 0.05) is 122 Å². The molecule has 17 amide bonds. The number of primary amides is 1. The van der Waals surface area contributed by atoms with Gasteiger partial charge in [-0.1, -0.05) is 110 Å². The van der Waals surface area contributed by atoms with E-state index in [1.165, 1.54) is 17.2 Å². The first-order valence-corrected chi connectivity index (χ1v) is 41.8. The minimum absolute atomic E-state index is 0.0643. The van der Waals surface area contributed by atoms with Crippen molar-refractivity contribution in [3.8, 4) is 0 Å². The maximum absolute atomic E-state index is 14.7. The molecule has 0 saturated carbocycles. The van der Waals surface area contributed by atoms with Crippen LogP contribution in [0.1, 0.15) is 103 Å². The van der Waals surface area contributed by atoms with Crippen LogP contribution in [0.15, 0.2) is 73.3 Å². The monoisotopic (exact) mass is 1740 g/mol. The number of fused-ring (bicyclic) bond motifs is 1. The van der Waals surface area contributed by atoms with E-state index in [-0.39, 0.29) is 151 Å². The summed E-state index contributed by atoms with van der Waals surface area (Å²) < 4.78 is 6.94. The maximum Gasteiger partial charge on any atom is 0.252 e. The fraction of sp³-hybridized carbons (Fsp3) is 0.533. The Morgan fingerprint density at radius 1 is 0.516 bits per heavy atom. The SMILES string of the molecule is CC(C)[C@@H]1NC(=O)[C@H](CCCNC(=N)N)NC(=O)[C@H](Cc2ccccc2)NC(=O)[C@H](C(C)C)NC(=O)[C@@H](NC(=O)CCNC(=O)CCNC(=O)CCNC(=O)CCNC(=O)CCNC(=O)CCNC(=O)CCNC(=O)[C@H]2O[C@@H](n3cnc4c(N)ncnc43)[C@H](O)[C@@H]2O)CSSC[C@@H](C(=O)NCC(N)=O)NC(=O)CNC(=O)[C@H](Cc2ccccc2)NC1=O. The molecule has 0 bridgehead atoms. The zero-order valence-electron chi connectivity index (χ0n) is 67.8. The molecule has 4 aromatic rings. The van der Waals surface area contributed by atoms with Gasteiger partial charge in [-0.15, -0.1) is 0 Å². The van der Waals surface area contributed by atoms with Crippen LogP contribution in [-0.2, 0) is 99.1 Å². The lowest BCUT2D eigenvalue weighted by Crippen LogP contribution is -2.61. The number of carbonyl (C=O) groups excluding carboxylic acids is 17. The summed E-state index contributed by atoms with van der Waals surface area (Å²) in [5.41, 5.74) is 18.2. The number of nitrogens with zero attached hydrogens (tertiary/aromatic N) is 4. The Morgan fingerprint density at radius 2 is 0.967 bits per heavy atom. The van der Waals surface area contributed by atoms with Gasteiger partial charge >= 0.3 is 0 Å². The molecule has 47 heteroatoms. The summed E-state index contributed by atoms with van der Waals surface area (Å²) in [6.45, 7) is 4.21. The fourth-order valence-electron chi connectivity index (χ4n) is 12.0. The Bertz CT molecular complexity index is 4300. The van der Waals surface area contributed by atoms with Crippen molar-refractivity contribution in [1.29, 1.82) is 5.41 Å². The third-order valence-corrected chi connectivity index (χ3v) is 20.9. The van der Waals surface area contributed by atoms with Crippen molar-refractivity contribution in [3.63, 3.8) is 0 Å². The molecule has 0 radical (unpaired) electrons. The second-order valence-electron chi connectivity index (χ2n) is 28.9. The molecule has 6 rings (SSSR count). The van der Waals surface area contributed by atoms with Crippen molar-refractivity contribution in [2.75, 3.05) is 82.7 Å². The number of hydrogen-bond donors (Lipinski definition) is 23. The average Bonchev–Trinajstić information content (AvgIpc) is 1.62. The predicted molar refractivity (Wildman–Crippen MR) is 442 cm³/mol. The molecule has 2 aliphatic rings. The Morgan fingerprint density at radius 3 is 1.45 bits per heavy atom. The van der Waals surface area contributed by atoms with Crippen LogP contribution in [0.4, 0.5) is 5.82 Å². The van der Waals surface area contributed by atoms with Crippen LogP contribution >= 0.6 is 21.6 Å². The predicted octanol–water partition coefficient (Wildman–Crippen LogP) is -7.86. The van der Waals surface area contributed by atoms with Crippen LogP contribution in [-0.4, -0.2) is 274 Å². The topological polar surface area (TPSA) is 690 Å².